The first-order valence-corrected chi connectivity index (χ1v) is 9.06. The molecule has 0 fully saturated rings. The highest BCUT2D eigenvalue weighted by Crippen LogP contribution is 2.22. The zero-order valence-electron chi connectivity index (χ0n) is 16.5. The summed E-state index contributed by atoms with van der Waals surface area (Å²) in [5.41, 5.74) is -0.819. The first-order valence-electron chi connectivity index (χ1n) is 9.06. The van der Waals surface area contributed by atoms with Gasteiger partial charge in [-0.3, -0.25) is 24.5 Å². The number of hydrogen-bond acceptors (Lipinski definition) is 7. The first kappa shape index (κ1) is 21.6. The van der Waals surface area contributed by atoms with E-state index in [0.29, 0.717) is 16.5 Å². The average Bonchev–Trinajstić information content (AvgIpc) is 2.72. The molecule has 0 saturated carbocycles. The smallest absolute Gasteiger partial charge is 0.312 e. The fraction of sp³-hybridized carbons (Fsp3) is 0.200. The van der Waals surface area contributed by atoms with Crippen molar-refractivity contribution >= 4 is 34.0 Å². The van der Waals surface area contributed by atoms with Crippen LogP contribution in [0.1, 0.15) is 12.6 Å². The molecule has 1 amide bonds. The quantitative estimate of drug-likeness (QED) is 0.361. The number of benzene rings is 2. The fourth-order valence-electron chi connectivity index (χ4n) is 2.91. The average molecular weight is 428 g/mol. The number of nitrogens with zero attached hydrogens (tertiary/aromatic N) is 3. The number of esters is 1. The first-order chi connectivity index (χ1) is 14.7. The van der Waals surface area contributed by atoms with Crippen molar-refractivity contribution in [1.29, 1.82) is 0 Å². The molecule has 160 valence electrons. The van der Waals surface area contributed by atoms with E-state index in [1.807, 2.05) is 0 Å². The molecule has 0 saturated heterocycles. The summed E-state index contributed by atoms with van der Waals surface area (Å²) in [6.07, 6.45) is -1.52. The second-order valence-electron chi connectivity index (χ2n) is 6.64. The third-order valence-electron chi connectivity index (χ3n) is 4.43. The van der Waals surface area contributed by atoms with Crippen LogP contribution in [0.3, 0.4) is 0 Å². The van der Waals surface area contributed by atoms with Crippen LogP contribution in [-0.2, 0) is 27.8 Å². The molecule has 2 aromatic carbocycles. The molecule has 1 heterocycles. The molecule has 1 N–H and O–H groups in total. The van der Waals surface area contributed by atoms with E-state index in [-0.39, 0.29) is 17.7 Å². The minimum atomic E-state index is -1.24. The largest absolute Gasteiger partial charge is 0.452 e. The van der Waals surface area contributed by atoms with Crippen molar-refractivity contribution in [3.05, 3.63) is 74.4 Å². The highest BCUT2D eigenvalue weighted by Gasteiger charge is 2.21. The van der Waals surface area contributed by atoms with Crippen LogP contribution in [0.15, 0.2) is 47.3 Å². The summed E-state index contributed by atoms with van der Waals surface area (Å²) >= 11 is 0. The Morgan fingerprint density at radius 1 is 1.26 bits per heavy atom. The molecule has 0 bridgehead atoms. The second-order valence-corrected chi connectivity index (χ2v) is 6.64. The zero-order chi connectivity index (χ0) is 22.7. The number of halogens is 1. The van der Waals surface area contributed by atoms with Gasteiger partial charge in [-0.2, -0.15) is 9.49 Å². The normalized spacial score (nSPS) is 11.7. The molecule has 1 aromatic heterocycles. The van der Waals surface area contributed by atoms with Crippen molar-refractivity contribution in [3.63, 3.8) is 0 Å². The predicted molar refractivity (Wildman–Crippen MR) is 108 cm³/mol. The number of aromatic nitrogens is 2. The van der Waals surface area contributed by atoms with E-state index in [4.69, 9.17) is 4.74 Å². The van der Waals surface area contributed by atoms with Gasteiger partial charge in [-0.25, -0.2) is 4.68 Å². The fourth-order valence-corrected chi connectivity index (χ4v) is 2.91. The molecule has 10 nitrogen and oxygen atoms in total. The van der Waals surface area contributed by atoms with Gasteiger partial charge in [0.05, 0.1) is 22.4 Å². The highest BCUT2D eigenvalue weighted by atomic mass is 19.1. The summed E-state index contributed by atoms with van der Waals surface area (Å²) < 4.78 is 19.6. The predicted octanol–water partition coefficient (Wildman–Crippen LogP) is 2.09. The summed E-state index contributed by atoms with van der Waals surface area (Å²) in [6.45, 7) is 1.32. The van der Waals surface area contributed by atoms with Gasteiger partial charge in [0.1, 0.15) is 0 Å². The van der Waals surface area contributed by atoms with Gasteiger partial charge >= 0.3 is 11.7 Å². The van der Waals surface area contributed by atoms with Crippen molar-refractivity contribution in [3.8, 4) is 0 Å². The lowest BCUT2D eigenvalue weighted by Gasteiger charge is -2.14. The van der Waals surface area contributed by atoms with Gasteiger partial charge in [0.25, 0.3) is 11.5 Å². The van der Waals surface area contributed by atoms with E-state index in [1.54, 1.807) is 24.3 Å². The maximum Gasteiger partial charge on any atom is 0.312 e. The maximum absolute atomic E-state index is 13.4. The van der Waals surface area contributed by atoms with E-state index in [9.17, 15) is 28.9 Å². The lowest BCUT2D eigenvalue weighted by molar-refractivity contribution is -0.387. The van der Waals surface area contributed by atoms with Crippen molar-refractivity contribution in [2.24, 2.45) is 7.05 Å². The second kappa shape index (κ2) is 8.69. The number of anilines is 1. The molecule has 3 rings (SSSR count). The van der Waals surface area contributed by atoms with Crippen LogP contribution in [0.4, 0.5) is 15.8 Å². The Morgan fingerprint density at radius 2 is 1.94 bits per heavy atom. The van der Waals surface area contributed by atoms with Gasteiger partial charge in [-0.15, -0.1) is 0 Å². The number of rotatable bonds is 6. The van der Waals surface area contributed by atoms with E-state index in [0.717, 1.165) is 22.9 Å². The molecule has 1 unspecified atom stereocenters. The number of hydrogen-bond donors (Lipinski definition) is 1. The monoisotopic (exact) mass is 428 g/mol. The van der Waals surface area contributed by atoms with Crippen LogP contribution in [0, 0.1) is 15.9 Å². The molecular weight excluding hydrogens is 411 g/mol. The Morgan fingerprint density at radius 3 is 2.61 bits per heavy atom. The van der Waals surface area contributed by atoms with Crippen LogP contribution in [0.25, 0.3) is 10.8 Å². The Kier molecular flexibility index (Phi) is 6.05. The Hall–Kier alpha value is -4.15. The van der Waals surface area contributed by atoms with Gasteiger partial charge in [-0.1, -0.05) is 18.2 Å². The van der Waals surface area contributed by atoms with E-state index < -0.39 is 34.4 Å². The van der Waals surface area contributed by atoms with Gasteiger partial charge in [-0.05, 0) is 25.1 Å². The van der Waals surface area contributed by atoms with Crippen molar-refractivity contribution in [2.75, 3.05) is 5.32 Å². The number of fused-ring (bicyclic) bond motifs is 1. The number of ether oxygens (including phenoxy) is 1. The van der Waals surface area contributed by atoms with Gasteiger partial charge in [0.15, 0.2) is 6.10 Å². The summed E-state index contributed by atoms with van der Waals surface area (Å²) in [5.74, 6) is -2.56. The SMILES string of the molecule is CC(OC(=O)Cc1nn(C)c(=O)c2ccccc12)C(=O)Nc1ccc(F)c([N+](=O)[O-])c1. The number of nitro benzene ring substituents is 1. The molecule has 0 aliphatic carbocycles. The summed E-state index contributed by atoms with van der Waals surface area (Å²) in [6, 6.07) is 9.53. The molecule has 31 heavy (non-hydrogen) atoms. The zero-order valence-corrected chi connectivity index (χ0v) is 16.5. The lowest BCUT2D eigenvalue weighted by Crippen LogP contribution is -2.31. The minimum absolute atomic E-state index is 0.0216. The molecule has 0 spiro atoms. The lowest BCUT2D eigenvalue weighted by atomic mass is 10.1. The number of nitro groups is 1. The summed E-state index contributed by atoms with van der Waals surface area (Å²) in [5, 5.41) is 18.1. The van der Waals surface area contributed by atoms with Crippen molar-refractivity contribution < 1.29 is 23.6 Å². The van der Waals surface area contributed by atoms with E-state index >= 15 is 0 Å². The number of carbonyl (C=O) groups excluding carboxylic acids is 2. The molecule has 0 radical (unpaired) electrons. The van der Waals surface area contributed by atoms with Gasteiger partial charge in [0, 0.05) is 24.2 Å². The van der Waals surface area contributed by atoms with Crippen LogP contribution >= 0.6 is 0 Å². The Labute approximate surface area is 174 Å². The third kappa shape index (κ3) is 4.71. The summed E-state index contributed by atoms with van der Waals surface area (Å²) in [7, 11) is 1.46. The molecular formula is C20H17FN4O6. The van der Waals surface area contributed by atoms with Crippen LogP contribution in [-0.4, -0.2) is 32.7 Å². The maximum atomic E-state index is 13.4. The molecule has 1 atom stereocenters. The van der Waals surface area contributed by atoms with Gasteiger partial charge in [0.2, 0.25) is 5.82 Å². The van der Waals surface area contributed by atoms with Gasteiger partial charge < -0.3 is 10.1 Å². The van der Waals surface area contributed by atoms with Crippen molar-refractivity contribution in [2.45, 2.75) is 19.4 Å². The molecule has 0 aliphatic rings. The Bertz CT molecular complexity index is 1260. The van der Waals surface area contributed by atoms with Crippen LogP contribution < -0.4 is 10.9 Å². The van der Waals surface area contributed by atoms with Crippen LogP contribution in [0.2, 0.25) is 0 Å². The number of amides is 1. The Balaban J connectivity index is 1.70. The van der Waals surface area contributed by atoms with Crippen LogP contribution in [0.5, 0.6) is 0 Å². The number of aryl methyl sites for hydroxylation is 1. The third-order valence-corrected chi connectivity index (χ3v) is 4.43. The minimum Gasteiger partial charge on any atom is -0.452 e. The number of carbonyl (C=O) groups is 2. The molecule has 3 aromatic rings. The molecule has 11 heteroatoms. The van der Waals surface area contributed by atoms with E-state index in [1.165, 1.54) is 14.0 Å². The highest BCUT2D eigenvalue weighted by molar-refractivity contribution is 5.95. The molecule has 0 aliphatic heterocycles. The number of nitrogens with one attached hydrogen (secondary N) is 1. The van der Waals surface area contributed by atoms with E-state index in [2.05, 4.69) is 10.4 Å². The van der Waals surface area contributed by atoms with Crippen molar-refractivity contribution in [1.82, 2.24) is 9.78 Å². The standard InChI is InChI=1S/C20H17FN4O6/c1-11(19(27)22-12-7-8-15(21)17(9-12)25(29)30)31-18(26)10-16-13-5-3-4-6-14(13)20(28)24(2)23-16/h3-9,11H,10H2,1-2H3,(H,22,27). The topological polar surface area (TPSA) is 133 Å². The summed E-state index contributed by atoms with van der Waals surface area (Å²) in [4.78, 5) is 46.7.